The molecule has 0 saturated carbocycles. The van der Waals surface area contributed by atoms with E-state index in [9.17, 15) is 4.79 Å². The van der Waals surface area contributed by atoms with Gasteiger partial charge in [0.2, 0.25) is 5.91 Å². The minimum atomic E-state index is 0. The molecule has 1 amide bonds. The van der Waals surface area contributed by atoms with Crippen LogP contribution in [0, 0.1) is 0 Å². The highest BCUT2D eigenvalue weighted by Gasteiger charge is 2.30. The van der Waals surface area contributed by atoms with Crippen LogP contribution in [-0.4, -0.2) is 54.5 Å². The maximum atomic E-state index is 12.3. The second-order valence-corrected chi connectivity index (χ2v) is 6.10. The van der Waals surface area contributed by atoms with Crippen molar-refractivity contribution >= 4 is 36.4 Å². The van der Waals surface area contributed by atoms with Gasteiger partial charge < -0.3 is 10.2 Å². The molecule has 130 valence electrons. The number of hydrogen-bond donors (Lipinski definition) is 1. The third kappa shape index (κ3) is 5.55. The Kier molecular flexibility index (Phi) is 8.74. The predicted molar refractivity (Wildman–Crippen MR) is 99.8 cm³/mol. The first kappa shape index (κ1) is 20.1. The minimum absolute atomic E-state index is 0. The smallest absolute Gasteiger partial charge is 0.241 e. The zero-order valence-corrected chi connectivity index (χ0v) is 15.1. The standard InChI is InChI=1S/C17H25N3O.2ClH/c21-17(13-18-15-7-3-1-4-8-15)20-12-9-16(14-20)19-10-5-2-6-11-19;;/h1,3-4,7-8,16,18H,2,5-6,9-14H2;2*1H. The van der Waals surface area contributed by atoms with Crippen LogP contribution in [0.4, 0.5) is 5.69 Å². The van der Waals surface area contributed by atoms with Gasteiger partial charge in [-0.2, -0.15) is 0 Å². The molecule has 1 atom stereocenters. The molecule has 1 aromatic carbocycles. The van der Waals surface area contributed by atoms with Crippen molar-refractivity contribution in [2.75, 3.05) is 38.0 Å². The number of rotatable bonds is 4. The van der Waals surface area contributed by atoms with E-state index in [1.807, 2.05) is 35.2 Å². The summed E-state index contributed by atoms with van der Waals surface area (Å²) in [5.41, 5.74) is 1.01. The molecule has 2 saturated heterocycles. The number of piperidine rings is 1. The minimum Gasteiger partial charge on any atom is -0.376 e. The summed E-state index contributed by atoms with van der Waals surface area (Å²) < 4.78 is 0. The molecule has 3 rings (SSSR count). The Balaban J connectivity index is 0.00000132. The number of hydrogen-bond acceptors (Lipinski definition) is 3. The molecule has 23 heavy (non-hydrogen) atoms. The van der Waals surface area contributed by atoms with E-state index < -0.39 is 0 Å². The third-order valence-electron chi connectivity index (χ3n) is 4.64. The highest BCUT2D eigenvalue weighted by molar-refractivity contribution is 5.85. The van der Waals surface area contributed by atoms with Crippen LogP contribution in [0.1, 0.15) is 25.7 Å². The number of carbonyl (C=O) groups is 1. The van der Waals surface area contributed by atoms with Crippen LogP contribution in [0.15, 0.2) is 30.3 Å². The molecule has 0 bridgehead atoms. The van der Waals surface area contributed by atoms with E-state index in [0.717, 1.165) is 25.2 Å². The lowest BCUT2D eigenvalue weighted by Crippen LogP contribution is -2.42. The van der Waals surface area contributed by atoms with Gasteiger partial charge in [0.05, 0.1) is 6.54 Å². The first-order chi connectivity index (χ1) is 10.3. The number of anilines is 1. The van der Waals surface area contributed by atoms with E-state index in [-0.39, 0.29) is 30.7 Å². The van der Waals surface area contributed by atoms with Gasteiger partial charge in [-0.25, -0.2) is 0 Å². The van der Waals surface area contributed by atoms with E-state index in [0.29, 0.717) is 12.6 Å². The van der Waals surface area contributed by atoms with Gasteiger partial charge in [0, 0.05) is 24.8 Å². The molecule has 0 aromatic heterocycles. The van der Waals surface area contributed by atoms with Crippen LogP contribution in [0.3, 0.4) is 0 Å². The van der Waals surface area contributed by atoms with Gasteiger partial charge in [-0.15, -0.1) is 24.8 Å². The van der Waals surface area contributed by atoms with Gasteiger partial charge >= 0.3 is 0 Å². The lowest BCUT2D eigenvalue weighted by Gasteiger charge is -2.32. The van der Waals surface area contributed by atoms with Gasteiger partial charge in [0.1, 0.15) is 0 Å². The number of halogens is 2. The molecule has 1 unspecified atom stereocenters. The van der Waals surface area contributed by atoms with Gasteiger partial charge in [0.15, 0.2) is 0 Å². The van der Waals surface area contributed by atoms with Gasteiger partial charge in [-0.3, -0.25) is 9.69 Å². The molecule has 2 heterocycles. The number of carbonyl (C=O) groups excluding carboxylic acids is 1. The van der Waals surface area contributed by atoms with Crippen LogP contribution in [-0.2, 0) is 4.79 Å². The van der Waals surface area contributed by atoms with E-state index in [1.165, 1.54) is 32.4 Å². The van der Waals surface area contributed by atoms with E-state index >= 15 is 0 Å². The second-order valence-electron chi connectivity index (χ2n) is 6.10. The molecule has 4 nitrogen and oxygen atoms in total. The first-order valence-electron chi connectivity index (χ1n) is 8.14. The predicted octanol–water partition coefficient (Wildman–Crippen LogP) is 3.03. The summed E-state index contributed by atoms with van der Waals surface area (Å²) in [5.74, 6) is 0.221. The summed E-state index contributed by atoms with van der Waals surface area (Å²) in [4.78, 5) is 16.9. The fourth-order valence-electron chi connectivity index (χ4n) is 3.40. The summed E-state index contributed by atoms with van der Waals surface area (Å²) in [6, 6.07) is 10.5. The fourth-order valence-corrected chi connectivity index (χ4v) is 3.40. The number of nitrogens with zero attached hydrogens (tertiary/aromatic N) is 2. The monoisotopic (exact) mass is 359 g/mol. The Hall–Kier alpha value is -0.970. The molecule has 1 N–H and O–H groups in total. The molecule has 0 aliphatic carbocycles. The zero-order valence-electron chi connectivity index (χ0n) is 13.4. The molecule has 0 spiro atoms. The first-order valence-corrected chi connectivity index (χ1v) is 8.14. The highest BCUT2D eigenvalue weighted by Crippen LogP contribution is 2.20. The van der Waals surface area contributed by atoms with Crippen LogP contribution in [0.5, 0.6) is 0 Å². The molecule has 2 aliphatic rings. The number of amides is 1. The zero-order chi connectivity index (χ0) is 14.5. The number of likely N-dealkylation sites (tertiary alicyclic amines) is 2. The van der Waals surface area contributed by atoms with Crippen molar-refractivity contribution in [3.8, 4) is 0 Å². The molecule has 1 aromatic rings. The van der Waals surface area contributed by atoms with Gasteiger partial charge in [-0.05, 0) is 44.5 Å². The molecular formula is C17H27Cl2N3O. The Morgan fingerprint density at radius 1 is 1.04 bits per heavy atom. The second kappa shape index (κ2) is 10.0. The SMILES string of the molecule is Cl.Cl.O=C(CNc1ccccc1)N1CCC(N2CCCCC2)C1. The van der Waals surface area contributed by atoms with E-state index in [2.05, 4.69) is 10.2 Å². The topological polar surface area (TPSA) is 35.6 Å². The van der Waals surface area contributed by atoms with E-state index in [4.69, 9.17) is 0 Å². The van der Waals surface area contributed by atoms with Crippen molar-refractivity contribution < 1.29 is 4.79 Å². The fraction of sp³-hybridized carbons (Fsp3) is 0.588. The van der Waals surface area contributed by atoms with Crippen molar-refractivity contribution in [3.63, 3.8) is 0 Å². The summed E-state index contributed by atoms with van der Waals surface area (Å²) in [7, 11) is 0. The maximum absolute atomic E-state index is 12.3. The van der Waals surface area contributed by atoms with Crippen molar-refractivity contribution in [3.05, 3.63) is 30.3 Å². The number of nitrogens with one attached hydrogen (secondary N) is 1. The average molecular weight is 360 g/mol. The van der Waals surface area contributed by atoms with Crippen molar-refractivity contribution in [2.45, 2.75) is 31.7 Å². The summed E-state index contributed by atoms with van der Waals surface area (Å²) >= 11 is 0. The Bertz CT molecular complexity index is 466. The van der Waals surface area contributed by atoms with Crippen LogP contribution in [0.25, 0.3) is 0 Å². The Morgan fingerprint density at radius 3 is 2.43 bits per heavy atom. The normalized spacial score (nSPS) is 21.2. The molecule has 0 radical (unpaired) electrons. The Labute approximate surface area is 151 Å². The summed E-state index contributed by atoms with van der Waals surface area (Å²) in [6.07, 6.45) is 5.14. The van der Waals surface area contributed by atoms with Crippen LogP contribution < -0.4 is 5.32 Å². The van der Waals surface area contributed by atoms with Gasteiger partial charge in [-0.1, -0.05) is 24.6 Å². The van der Waals surface area contributed by atoms with Crippen molar-refractivity contribution in [2.24, 2.45) is 0 Å². The average Bonchev–Trinajstić information content (AvgIpc) is 3.04. The quantitative estimate of drug-likeness (QED) is 0.897. The highest BCUT2D eigenvalue weighted by atomic mass is 35.5. The number of benzene rings is 1. The lowest BCUT2D eigenvalue weighted by atomic mass is 10.1. The molecular weight excluding hydrogens is 333 g/mol. The third-order valence-corrected chi connectivity index (χ3v) is 4.64. The largest absolute Gasteiger partial charge is 0.376 e. The number of para-hydroxylation sites is 1. The van der Waals surface area contributed by atoms with Gasteiger partial charge in [0.25, 0.3) is 0 Å². The molecule has 2 aliphatic heterocycles. The molecule has 2 fully saturated rings. The lowest BCUT2D eigenvalue weighted by molar-refractivity contribution is -0.128. The van der Waals surface area contributed by atoms with Crippen molar-refractivity contribution in [1.29, 1.82) is 0 Å². The Morgan fingerprint density at radius 2 is 1.74 bits per heavy atom. The summed E-state index contributed by atoms with van der Waals surface area (Å²) in [5, 5.41) is 3.21. The van der Waals surface area contributed by atoms with Crippen molar-refractivity contribution in [1.82, 2.24) is 9.80 Å². The van der Waals surface area contributed by atoms with Crippen LogP contribution >= 0.6 is 24.8 Å². The van der Waals surface area contributed by atoms with Crippen LogP contribution in [0.2, 0.25) is 0 Å². The maximum Gasteiger partial charge on any atom is 0.241 e. The van der Waals surface area contributed by atoms with E-state index in [1.54, 1.807) is 0 Å². The molecule has 6 heteroatoms. The summed E-state index contributed by atoms with van der Waals surface area (Å²) in [6.45, 7) is 4.66.